The minimum atomic E-state index is -0.160. The van der Waals surface area contributed by atoms with Gasteiger partial charge in [0.1, 0.15) is 0 Å². The Kier molecular flexibility index (Phi) is 6.80. The van der Waals surface area contributed by atoms with Crippen molar-refractivity contribution in [1.82, 2.24) is 9.97 Å². The van der Waals surface area contributed by atoms with Crippen molar-refractivity contribution in [3.8, 4) is 56.2 Å². The highest BCUT2D eigenvalue weighted by atomic mass is 32.1. The zero-order valence-electron chi connectivity index (χ0n) is 30.0. The van der Waals surface area contributed by atoms with Gasteiger partial charge in [-0.3, -0.25) is 0 Å². The van der Waals surface area contributed by atoms with Gasteiger partial charge in [-0.1, -0.05) is 166 Å². The molecule has 2 heterocycles. The first-order valence-electron chi connectivity index (χ1n) is 18.6. The van der Waals surface area contributed by atoms with Gasteiger partial charge in [-0.2, -0.15) is 0 Å². The van der Waals surface area contributed by atoms with Crippen LogP contribution in [0, 0.1) is 0 Å². The molecule has 0 saturated heterocycles. The Hall–Kier alpha value is -6.42. The summed E-state index contributed by atoms with van der Waals surface area (Å²) in [5.41, 5.74) is 12.9. The lowest BCUT2D eigenvalue weighted by Crippen LogP contribution is -2.16. The maximum absolute atomic E-state index is 5.28. The second kappa shape index (κ2) is 11.8. The lowest BCUT2D eigenvalue weighted by atomic mass is 9.78. The van der Waals surface area contributed by atoms with Crippen LogP contribution in [0.15, 0.2) is 170 Å². The van der Waals surface area contributed by atoms with E-state index < -0.39 is 0 Å². The Morgan fingerprint density at radius 2 is 1.09 bits per heavy atom. The largest absolute Gasteiger partial charge is 0.228 e. The molecule has 1 aliphatic rings. The van der Waals surface area contributed by atoms with Crippen molar-refractivity contribution in [2.24, 2.45) is 0 Å². The molecule has 0 unspecified atom stereocenters. The van der Waals surface area contributed by atoms with Gasteiger partial charge >= 0.3 is 0 Å². The fraction of sp³-hybridized carbons (Fsp3) is 0.0588. The molecule has 10 aromatic rings. The Balaban J connectivity index is 1.11. The molecule has 0 atom stereocenters. The average Bonchev–Trinajstić information content (AvgIpc) is 3.72. The molecule has 8 aromatic carbocycles. The van der Waals surface area contributed by atoms with Crippen molar-refractivity contribution in [3.05, 3.63) is 181 Å². The Bertz CT molecular complexity index is 3130. The summed E-state index contributed by atoms with van der Waals surface area (Å²) in [4.78, 5) is 10.5. The number of hydrogen-bond donors (Lipinski definition) is 0. The average molecular weight is 707 g/mol. The molecule has 0 amide bonds. The van der Waals surface area contributed by atoms with Gasteiger partial charge < -0.3 is 0 Å². The van der Waals surface area contributed by atoms with Crippen molar-refractivity contribution >= 4 is 53.1 Å². The van der Waals surface area contributed by atoms with Crippen LogP contribution in [0.1, 0.15) is 25.0 Å². The van der Waals surface area contributed by atoms with E-state index in [0.717, 1.165) is 33.9 Å². The maximum Gasteiger partial charge on any atom is 0.160 e. The van der Waals surface area contributed by atoms with Crippen LogP contribution in [-0.2, 0) is 5.41 Å². The van der Waals surface area contributed by atoms with Crippen LogP contribution in [0.2, 0.25) is 0 Å². The first-order valence-corrected chi connectivity index (χ1v) is 19.4. The van der Waals surface area contributed by atoms with Crippen LogP contribution in [0.3, 0.4) is 0 Å². The van der Waals surface area contributed by atoms with E-state index in [1.54, 1.807) is 0 Å². The molecule has 0 spiro atoms. The molecular weight excluding hydrogens is 673 g/mol. The zero-order chi connectivity index (χ0) is 36.0. The van der Waals surface area contributed by atoms with Crippen molar-refractivity contribution in [2.45, 2.75) is 19.3 Å². The number of thiophene rings is 1. The molecule has 54 heavy (non-hydrogen) atoms. The summed E-state index contributed by atoms with van der Waals surface area (Å²) in [6, 6.07) is 61.6. The number of nitrogens with zero attached hydrogens (tertiary/aromatic N) is 2. The number of benzene rings is 8. The van der Waals surface area contributed by atoms with Gasteiger partial charge in [-0.25, -0.2) is 9.97 Å². The highest BCUT2D eigenvalue weighted by Crippen LogP contribution is 2.55. The van der Waals surface area contributed by atoms with Crippen LogP contribution in [0.4, 0.5) is 0 Å². The van der Waals surface area contributed by atoms with Crippen LogP contribution in [0.5, 0.6) is 0 Å². The van der Waals surface area contributed by atoms with Gasteiger partial charge in [0.25, 0.3) is 0 Å². The molecule has 0 bridgehead atoms. The van der Waals surface area contributed by atoms with Gasteiger partial charge in [-0.15, -0.1) is 11.3 Å². The van der Waals surface area contributed by atoms with Crippen molar-refractivity contribution in [3.63, 3.8) is 0 Å². The van der Waals surface area contributed by atoms with Crippen LogP contribution >= 0.6 is 11.3 Å². The second-order valence-corrected chi connectivity index (χ2v) is 16.0. The van der Waals surface area contributed by atoms with Crippen molar-refractivity contribution < 1.29 is 0 Å². The van der Waals surface area contributed by atoms with Gasteiger partial charge in [0.2, 0.25) is 0 Å². The fourth-order valence-corrected chi connectivity index (χ4v) is 10.1. The molecule has 0 aliphatic heterocycles. The van der Waals surface area contributed by atoms with Crippen molar-refractivity contribution in [2.75, 3.05) is 0 Å². The Morgan fingerprint density at radius 1 is 0.426 bits per heavy atom. The summed E-state index contributed by atoms with van der Waals surface area (Å²) in [5.74, 6) is 0.723. The van der Waals surface area contributed by atoms with Crippen molar-refractivity contribution in [1.29, 1.82) is 0 Å². The quantitative estimate of drug-likeness (QED) is 0.182. The lowest BCUT2D eigenvalue weighted by molar-refractivity contribution is 0.662. The number of rotatable bonds is 4. The van der Waals surface area contributed by atoms with Gasteiger partial charge in [-0.05, 0) is 73.1 Å². The molecule has 2 nitrogen and oxygen atoms in total. The SMILES string of the molecule is CC1(C)c2ccc3ccccc3c2-c2cccc(-c3ccc(-c4cc(-c5ccc6c(c5)sc5ccccc56)nc(-c5ccccc5)n4)c4ccccc34)c21. The van der Waals surface area contributed by atoms with Crippen LogP contribution in [0.25, 0.3) is 97.9 Å². The summed E-state index contributed by atoms with van der Waals surface area (Å²) in [6.45, 7) is 4.77. The normalized spacial score (nSPS) is 13.1. The summed E-state index contributed by atoms with van der Waals surface area (Å²) in [6.07, 6.45) is 0. The predicted octanol–water partition coefficient (Wildman–Crippen LogP) is 14.1. The number of fused-ring (bicyclic) bond motifs is 9. The predicted molar refractivity (Wildman–Crippen MR) is 229 cm³/mol. The molecular formula is C51H34N2S. The summed E-state index contributed by atoms with van der Waals surface area (Å²) < 4.78 is 2.56. The molecule has 1 aliphatic carbocycles. The maximum atomic E-state index is 5.28. The van der Waals surface area contributed by atoms with E-state index in [0.29, 0.717) is 0 Å². The monoisotopic (exact) mass is 706 g/mol. The van der Waals surface area contributed by atoms with E-state index in [2.05, 4.69) is 178 Å². The summed E-state index contributed by atoms with van der Waals surface area (Å²) in [5, 5.41) is 7.57. The first kappa shape index (κ1) is 31.1. The van der Waals surface area contributed by atoms with Crippen LogP contribution < -0.4 is 0 Å². The van der Waals surface area contributed by atoms with E-state index in [-0.39, 0.29) is 5.41 Å². The number of hydrogen-bond acceptors (Lipinski definition) is 3. The minimum Gasteiger partial charge on any atom is -0.228 e. The summed E-state index contributed by atoms with van der Waals surface area (Å²) in [7, 11) is 0. The molecule has 0 N–H and O–H groups in total. The fourth-order valence-electron chi connectivity index (χ4n) is 8.97. The van der Waals surface area contributed by atoms with Gasteiger partial charge in [0.05, 0.1) is 11.4 Å². The molecule has 2 aromatic heterocycles. The topological polar surface area (TPSA) is 25.8 Å². The third-order valence-electron chi connectivity index (χ3n) is 11.5. The Labute approximate surface area is 318 Å². The molecule has 3 heteroatoms. The molecule has 254 valence electrons. The molecule has 0 radical (unpaired) electrons. The third kappa shape index (κ3) is 4.65. The third-order valence-corrected chi connectivity index (χ3v) is 12.6. The summed E-state index contributed by atoms with van der Waals surface area (Å²) >= 11 is 1.83. The second-order valence-electron chi connectivity index (χ2n) is 14.9. The minimum absolute atomic E-state index is 0.160. The van der Waals surface area contributed by atoms with Crippen LogP contribution in [-0.4, -0.2) is 9.97 Å². The van der Waals surface area contributed by atoms with E-state index >= 15 is 0 Å². The van der Waals surface area contributed by atoms with E-state index in [1.165, 1.54) is 75.1 Å². The molecule has 11 rings (SSSR count). The highest BCUT2D eigenvalue weighted by Gasteiger charge is 2.38. The standard InChI is InChI=1S/C51H34N2S/c1-51(2)43-28-24-31-13-6-7-16-34(31)48(43)42-21-12-20-41(49(42)51)37-26-27-38(36-18-9-8-17-35(36)37)45-30-44(52-50(53-45)32-14-4-3-5-15-32)33-23-25-40-39-19-10-11-22-46(39)54-47(40)29-33/h3-30H,1-2H3. The van der Waals surface area contributed by atoms with E-state index in [1.807, 2.05) is 17.4 Å². The number of aromatic nitrogens is 2. The smallest absolute Gasteiger partial charge is 0.160 e. The Morgan fingerprint density at radius 3 is 1.94 bits per heavy atom. The molecule has 0 saturated carbocycles. The highest BCUT2D eigenvalue weighted by molar-refractivity contribution is 7.25. The lowest BCUT2D eigenvalue weighted by Gasteiger charge is -2.25. The molecule has 0 fully saturated rings. The van der Waals surface area contributed by atoms with Gasteiger partial charge in [0.15, 0.2) is 5.82 Å². The van der Waals surface area contributed by atoms with E-state index in [4.69, 9.17) is 9.97 Å². The zero-order valence-corrected chi connectivity index (χ0v) is 30.8. The van der Waals surface area contributed by atoms with Gasteiger partial charge in [0, 0.05) is 42.3 Å². The van der Waals surface area contributed by atoms with E-state index in [9.17, 15) is 0 Å². The first-order chi connectivity index (χ1) is 26.5.